The Morgan fingerprint density at radius 2 is 1.83 bits per heavy atom. The molecule has 2 aliphatic carbocycles. The number of nitrogens with zero attached hydrogens (tertiary/aromatic N) is 2. The minimum atomic E-state index is -3.10. The zero-order valence-corrected chi connectivity index (χ0v) is 15.1. The van der Waals surface area contributed by atoms with Crippen molar-refractivity contribution in [2.75, 3.05) is 39.9 Å². The molecule has 0 aromatic carbocycles. The molecule has 0 bridgehead atoms. The van der Waals surface area contributed by atoms with Gasteiger partial charge < -0.3 is 9.64 Å². The van der Waals surface area contributed by atoms with Gasteiger partial charge in [0.2, 0.25) is 10.0 Å². The second-order valence-electron chi connectivity index (χ2n) is 8.35. The third-order valence-electron chi connectivity index (χ3n) is 6.33. The van der Waals surface area contributed by atoms with Gasteiger partial charge in [0, 0.05) is 26.2 Å². The molecule has 4 fully saturated rings. The normalized spacial score (nSPS) is 32.7. The fraction of sp³-hybridized carbons (Fsp3) is 1.00. The summed E-state index contributed by atoms with van der Waals surface area (Å²) in [6.45, 7) is 4.83. The quantitative estimate of drug-likeness (QED) is 0.737. The van der Waals surface area contributed by atoms with Gasteiger partial charge in [-0.1, -0.05) is 0 Å². The summed E-state index contributed by atoms with van der Waals surface area (Å²) in [4.78, 5) is 2.60. The molecule has 0 aromatic heterocycles. The Bertz CT molecular complexity index is 534. The van der Waals surface area contributed by atoms with Crippen LogP contribution >= 0.6 is 0 Å². The van der Waals surface area contributed by atoms with Gasteiger partial charge in [0.15, 0.2) is 0 Å². The number of likely N-dealkylation sites (tertiary alicyclic amines) is 1. The smallest absolute Gasteiger partial charge is 0.217 e. The van der Waals surface area contributed by atoms with E-state index in [-0.39, 0.29) is 16.7 Å². The first kappa shape index (κ1) is 16.3. The predicted molar refractivity (Wildman–Crippen MR) is 89.8 cm³/mol. The molecule has 6 heteroatoms. The number of hydrogen-bond donors (Lipinski definition) is 0. The van der Waals surface area contributed by atoms with Crippen molar-refractivity contribution in [1.82, 2.24) is 9.21 Å². The third-order valence-corrected chi connectivity index (χ3v) is 8.72. The van der Waals surface area contributed by atoms with Gasteiger partial charge in [0.1, 0.15) is 0 Å². The standard InChI is InChI=1S/C17H30N2O3S/c1-22-12-15-10-17(13-19(15)23(20,21)16-4-5-16)6-8-18(9-7-17)11-14-2-3-14/h14-16H,2-13H2,1H3/t15-/m1/s1. The van der Waals surface area contributed by atoms with E-state index >= 15 is 0 Å². The van der Waals surface area contributed by atoms with Gasteiger partial charge in [0.25, 0.3) is 0 Å². The van der Waals surface area contributed by atoms with Crippen LogP contribution < -0.4 is 0 Å². The largest absolute Gasteiger partial charge is 0.383 e. The molecule has 0 unspecified atom stereocenters. The first-order chi connectivity index (χ1) is 11.0. The third kappa shape index (κ3) is 3.32. The topological polar surface area (TPSA) is 49.9 Å². The van der Waals surface area contributed by atoms with Crippen molar-refractivity contribution in [1.29, 1.82) is 0 Å². The van der Waals surface area contributed by atoms with Crippen LogP contribution in [-0.4, -0.2) is 68.8 Å². The second kappa shape index (κ2) is 5.97. The summed E-state index contributed by atoms with van der Waals surface area (Å²) in [5.41, 5.74) is 0.200. The molecule has 4 aliphatic rings. The molecule has 23 heavy (non-hydrogen) atoms. The number of hydrogen-bond acceptors (Lipinski definition) is 4. The van der Waals surface area contributed by atoms with Crippen LogP contribution in [0.25, 0.3) is 0 Å². The molecule has 0 radical (unpaired) electrons. The predicted octanol–water partition coefficient (Wildman–Crippen LogP) is 1.69. The molecule has 2 saturated carbocycles. The van der Waals surface area contributed by atoms with Crippen LogP contribution in [0, 0.1) is 11.3 Å². The van der Waals surface area contributed by atoms with Crippen molar-refractivity contribution in [3.63, 3.8) is 0 Å². The summed E-state index contributed by atoms with van der Waals surface area (Å²) >= 11 is 0. The highest BCUT2D eigenvalue weighted by atomic mass is 32.2. The maximum Gasteiger partial charge on any atom is 0.217 e. The first-order valence-electron chi connectivity index (χ1n) is 9.24. The molecule has 2 aliphatic heterocycles. The maximum atomic E-state index is 12.8. The Labute approximate surface area is 140 Å². The Morgan fingerprint density at radius 1 is 1.13 bits per heavy atom. The number of ether oxygens (including phenoxy) is 1. The Morgan fingerprint density at radius 3 is 2.39 bits per heavy atom. The lowest BCUT2D eigenvalue weighted by atomic mass is 9.76. The van der Waals surface area contributed by atoms with Gasteiger partial charge in [-0.3, -0.25) is 0 Å². The van der Waals surface area contributed by atoms with E-state index in [1.54, 1.807) is 7.11 Å². The molecule has 5 nitrogen and oxygen atoms in total. The van der Waals surface area contributed by atoms with E-state index in [1.165, 1.54) is 19.4 Å². The number of rotatable bonds is 6. The summed E-state index contributed by atoms with van der Waals surface area (Å²) in [7, 11) is -1.41. The van der Waals surface area contributed by atoms with Gasteiger partial charge in [-0.15, -0.1) is 0 Å². The molecule has 132 valence electrons. The van der Waals surface area contributed by atoms with E-state index in [9.17, 15) is 8.42 Å². The van der Waals surface area contributed by atoms with Crippen molar-refractivity contribution in [2.24, 2.45) is 11.3 Å². The average Bonchev–Trinajstić information content (AvgIpc) is 3.41. The number of piperidine rings is 1. The van der Waals surface area contributed by atoms with E-state index in [0.717, 1.165) is 57.7 Å². The highest BCUT2D eigenvalue weighted by molar-refractivity contribution is 7.90. The SMILES string of the molecule is COC[C@H]1CC2(CCN(CC3CC3)CC2)CN1S(=O)(=O)C1CC1. The van der Waals surface area contributed by atoms with Crippen LogP contribution in [0.2, 0.25) is 0 Å². The Balaban J connectivity index is 1.43. The van der Waals surface area contributed by atoms with Gasteiger partial charge in [-0.05, 0) is 69.4 Å². The number of sulfonamides is 1. The van der Waals surface area contributed by atoms with Crippen LogP contribution in [-0.2, 0) is 14.8 Å². The van der Waals surface area contributed by atoms with Crippen LogP contribution in [0.3, 0.4) is 0 Å². The van der Waals surface area contributed by atoms with Crippen molar-refractivity contribution in [3.8, 4) is 0 Å². The molecule has 1 spiro atoms. The van der Waals surface area contributed by atoms with Gasteiger partial charge in [-0.2, -0.15) is 4.31 Å². The molecule has 0 N–H and O–H groups in total. The van der Waals surface area contributed by atoms with E-state index in [2.05, 4.69) is 4.90 Å². The molecular weight excluding hydrogens is 312 g/mol. The maximum absolute atomic E-state index is 12.8. The van der Waals surface area contributed by atoms with Gasteiger partial charge in [-0.25, -0.2) is 8.42 Å². The summed E-state index contributed by atoms with van der Waals surface area (Å²) in [5.74, 6) is 0.945. The van der Waals surface area contributed by atoms with Crippen molar-refractivity contribution in [2.45, 2.75) is 56.2 Å². The van der Waals surface area contributed by atoms with E-state index in [1.807, 2.05) is 4.31 Å². The summed E-state index contributed by atoms with van der Waals surface area (Å²) in [5, 5.41) is -0.105. The van der Waals surface area contributed by atoms with Gasteiger partial charge >= 0.3 is 0 Å². The minimum absolute atomic E-state index is 0.0561. The lowest BCUT2D eigenvalue weighted by Gasteiger charge is -2.39. The van der Waals surface area contributed by atoms with E-state index < -0.39 is 10.0 Å². The van der Waals surface area contributed by atoms with Gasteiger partial charge in [0.05, 0.1) is 11.9 Å². The van der Waals surface area contributed by atoms with Crippen LogP contribution in [0.5, 0.6) is 0 Å². The molecule has 0 aromatic rings. The molecular formula is C17H30N2O3S. The fourth-order valence-electron chi connectivity index (χ4n) is 4.55. The van der Waals surface area contributed by atoms with Crippen LogP contribution in [0.15, 0.2) is 0 Å². The second-order valence-corrected chi connectivity index (χ2v) is 10.5. The minimum Gasteiger partial charge on any atom is -0.383 e. The molecule has 1 atom stereocenters. The zero-order chi connectivity index (χ0) is 16.1. The van der Waals surface area contributed by atoms with Crippen LogP contribution in [0.1, 0.15) is 44.9 Å². The summed E-state index contributed by atoms with van der Waals surface area (Å²) in [6.07, 6.45) is 7.80. The van der Waals surface area contributed by atoms with Crippen LogP contribution in [0.4, 0.5) is 0 Å². The Kier molecular flexibility index (Phi) is 4.23. The first-order valence-corrected chi connectivity index (χ1v) is 10.7. The molecule has 2 saturated heterocycles. The summed E-state index contributed by atoms with van der Waals surface area (Å²) < 4.78 is 32.7. The Hall–Kier alpha value is -0.170. The van der Waals surface area contributed by atoms with Crippen molar-refractivity contribution < 1.29 is 13.2 Å². The lowest BCUT2D eigenvalue weighted by Crippen LogP contribution is -2.43. The average molecular weight is 343 g/mol. The lowest BCUT2D eigenvalue weighted by molar-refractivity contribution is 0.107. The van der Waals surface area contributed by atoms with Crippen molar-refractivity contribution >= 4 is 10.0 Å². The highest BCUT2D eigenvalue weighted by Crippen LogP contribution is 2.47. The number of methoxy groups -OCH3 is 1. The molecule has 4 rings (SSSR count). The van der Waals surface area contributed by atoms with E-state index in [4.69, 9.17) is 4.74 Å². The van der Waals surface area contributed by atoms with Crippen molar-refractivity contribution in [3.05, 3.63) is 0 Å². The summed E-state index contributed by atoms with van der Waals surface area (Å²) in [6, 6.07) is 0.0561. The monoisotopic (exact) mass is 342 g/mol. The fourth-order valence-corrected chi connectivity index (χ4v) is 6.67. The van der Waals surface area contributed by atoms with E-state index in [0.29, 0.717) is 6.61 Å². The zero-order valence-electron chi connectivity index (χ0n) is 14.2. The highest BCUT2D eigenvalue weighted by Gasteiger charge is 2.52. The molecule has 2 heterocycles. The molecule has 0 amide bonds.